The number of nitro benzene ring substituents is 1. The molecule has 0 bridgehead atoms. The highest BCUT2D eigenvalue weighted by Crippen LogP contribution is 2.39. The lowest BCUT2D eigenvalue weighted by Gasteiger charge is -2.46. The number of likely N-dealkylation sites (tertiary alicyclic amines) is 1. The van der Waals surface area contributed by atoms with Crippen LogP contribution in [0.2, 0.25) is 5.02 Å². The van der Waals surface area contributed by atoms with Gasteiger partial charge < -0.3 is 14.6 Å². The van der Waals surface area contributed by atoms with Crippen molar-refractivity contribution >= 4 is 57.8 Å². The van der Waals surface area contributed by atoms with E-state index >= 15 is 0 Å². The van der Waals surface area contributed by atoms with E-state index in [2.05, 4.69) is 0 Å². The van der Waals surface area contributed by atoms with Crippen molar-refractivity contribution in [2.24, 2.45) is 11.3 Å². The summed E-state index contributed by atoms with van der Waals surface area (Å²) in [5, 5.41) is 21.2. The number of allylic oxidation sites excluding steroid dienone is 1. The second-order valence-corrected chi connectivity index (χ2v) is 10.9. The van der Waals surface area contributed by atoms with Gasteiger partial charge in [-0.3, -0.25) is 24.6 Å². The van der Waals surface area contributed by atoms with Gasteiger partial charge in [-0.15, -0.1) is 0 Å². The molecule has 2 aromatic carbocycles. The van der Waals surface area contributed by atoms with E-state index in [0.717, 1.165) is 4.90 Å². The molecule has 12 heteroatoms. The molecule has 0 saturated carbocycles. The van der Waals surface area contributed by atoms with Crippen molar-refractivity contribution in [3.05, 3.63) is 80.7 Å². The molecule has 3 atom stereocenters. The zero-order valence-corrected chi connectivity index (χ0v) is 23.3. The summed E-state index contributed by atoms with van der Waals surface area (Å²) in [6, 6.07) is 11.9. The van der Waals surface area contributed by atoms with Crippen LogP contribution in [0.3, 0.4) is 0 Å². The molecule has 3 rings (SSSR count). The number of aliphatic hydroxyl groups excluding tert-OH is 1. The number of alkyl halides is 1. The van der Waals surface area contributed by atoms with Gasteiger partial charge in [-0.05, 0) is 61.1 Å². The monoisotopic (exact) mass is 580 g/mol. The van der Waals surface area contributed by atoms with E-state index in [1.54, 1.807) is 45.0 Å². The highest BCUT2D eigenvalue weighted by molar-refractivity contribution is 7.80. The molecule has 1 saturated heterocycles. The lowest BCUT2D eigenvalue weighted by atomic mass is 9.87. The molecule has 9 nitrogen and oxygen atoms in total. The number of hydrogen-bond donors (Lipinski definition) is 1. The van der Waals surface area contributed by atoms with Gasteiger partial charge in [0.05, 0.1) is 16.9 Å². The number of ether oxygens (including phenoxy) is 2. The number of nitrogens with zero attached hydrogens (tertiary/aromatic N) is 2. The molecule has 2 aromatic rings. The molecule has 1 heterocycles. The fourth-order valence-electron chi connectivity index (χ4n) is 3.54. The quantitative estimate of drug-likeness (QED) is 0.0611. The highest BCUT2D eigenvalue weighted by Gasteiger charge is 2.53. The molecule has 1 N–H and O–H groups in total. The van der Waals surface area contributed by atoms with Crippen LogP contribution < -0.4 is 4.74 Å². The van der Waals surface area contributed by atoms with Crippen molar-refractivity contribution in [3.8, 4) is 5.75 Å². The zero-order chi connectivity index (χ0) is 28.4. The topological polar surface area (TPSA) is 119 Å². The Balaban J connectivity index is 2.06. The van der Waals surface area contributed by atoms with E-state index in [4.69, 9.17) is 44.9 Å². The number of non-ortho nitro benzene ring substituents is 1. The molecular formula is C26H26Cl2N2O7S. The van der Waals surface area contributed by atoms with E-state index in [1.807, 2.05) is 0 Å². The van der Waals surface area contributed by atoms with Crippen molar-refractivity contribution in [3.63, 3.8) is 0 Å². The van der Waals surface area contributed by atoms with Crippen LogP contribution in [0.4, 0.5) is 5.69 Å². The van der Waals surface area contributed by atoms with Gasteiger partial charge in [0.25, 0.3) is 5.69 Å². The van der Waals surface area contributed by atoms with Gasteiger partial charge in [-0.1, -0.05) is 44.0 Å². The molecule has 0 aromatic heterocycles. The molecule has 1 amide bonds. The first-order valence-electron chi connectivity index (χ1n) is 11.5. The minimum atomic E-state index is -1.05. The van der Waals surface area contributed by atoms with E-state index < -0.39 is 39.6 Å². The number of hydrogen-bond acceptors (Lipinski definition) is 8. The third-order valence-corrected chi connectivity index (χ3v) is 6.70. The van der Waals surface area contributed by atoms with Crippen molar-refractivity contribution in [1.82, 2.24) is 4.90 Å². The largest absolute Gasteiger partial charge is 0.477 e. The normalized spacial score (nSPS) is 18.7. The minimum Gasteiger partial charge on any atom is -0.477 e. The number of benzene rings is 2. The van der Waals surface area contributed by atoms with Gasteiger partial charge in [-0.2, -0.15) is 0 Å². The maximum absolute atomic E-state index is 13.6. The number of carbonyl (C=O) groups excluding carboxylic acids is 2. The van der Waals surface area contributed by atoms with Gasteiger partial charge >= 0.3 is 0 Å². The Morgan fingerprint density at radius 2 is 1.76 bits per heavy atom. The Morgan fingerprint density at radius 3 is 2.24 bits per heavy atom. The third-order valence-electron chi connectivity index (χ3n) is 5.67. The Bertz CT molecular complexity index is 1270. The maximum atomic E-state index is 13.6. The molecular weight excluding hydrogens is 555 g/mol. The first-order chi connectivity index (χ1) is 17.7. The van der Waals surface area contributed by atoms with E-state index in [0.29, 0.717) is 10.6 Å². The standard InChI is InChI=1S/C26H26Cl2N2O7S/c1-14(31)19-23(28)29(24(19)33)20(25(38)36-13-15-5-9-17(10-6-15)30(34)35)21(22(32)26(2,3)4)37-18-11-7-16(27)8-12-18/h5-12,14,19,23,31H,13H2,1-4H3/t14-,19-,23-/m1/s1. The Labute approximate surface area is 235 Å². The number of ketones is 1. The third kappa shape index (κ3) is 6.50. The van der Waals surface area contributed by atoms with Crippen molar-refractivity contribution in [2.45, 2.75) is 45.9 Å². The van der Waals surface area contributed by atoms with Crippen LogP contribution in [0.5, 0.6) is 5.75 Å². The Morgan fingerprint density at radius 1 is 1.18 bits per heavy atom. The average molecular weight is 581 g/mol. The van der Waals surface area contributed by atoms with Crippen LogP contribution >= 0.6 is 35.4 Å². The summed E-state index contributed by atoms with van der Waals surface area (Å²) in [5.74, 6) is -1.98. The van der Waals surface area contributed by atoms with E-state index in [1.165, 1.54) is 31.2 Å². The highest BCUT2D eigenvalue weighted by atomic mass is 35.5. The second kappa shape index (κ2) is 11.8. The number of carbonyl (C=O) groups is 2. The molecule has 1 fully saturated rings. The molecule has 1 aliphatic heterocycles. The smallest absolute Gasteiger partial charge is 0.269 e. The number of nitro groups is 1. The summed E-state index contributed by atoms with van der Waals surface area (Å²) in [4.78, 5) is 38.2. The Kier molecular flexibility index (Phi) is 9.14. The molecule has 1 aliphatic rings. The first-order valence-corrected chi connectivity index (χ1v) is 12.7. The van der Waals surface area contributed by atoms with Gasteiger partial charge in [0.15, 0.2) is 5.76 Å². The van der Waals surface area contributed by atoms with Crippen LogP contribution in [-0.4, -0.2) is 43.3 Å². The van der Waals surface area contributed by atoms with Gasteiger partial charge in [0.1, 0.15) is 23.6 Å². The summed E-state index contributed by atoms with van der Waals surface area (Å²) in [6.45, 7) is 6.34. The van der Waals surface area contributed by atoms with Crippen molar-refractivity contribution in [2.75, 3.05) is 0 Å². The van der Waals surface area contributed by atoms with Crippen LogP contribution in [0.25, 0.3) is 0 Å². The molecule has 0 spiro atoms. The summed E-state index contributed by atoms with van der Waals surface area (Å²) in [6.07, 6.45) is -1.05. The molecule has 0 unspecified atom stereocenters. The summed E-state index contributed by atoms with van der Waals surface area (Å²) >= 11 is 18.0. The Hall–Kier alpha value is -3.05. The van der Waals surface area contributed by atoms with Crippen LogP contribution in [-0.2, 0) is 20.9 Å². The van der Waals surface area contributed by atoms with Gasteiger partial charge in [0, 0.05) is 22.6 Å². The predicted molar refractivity (Wildman–Crippen MR) is 146 cm³/mol. The lowest BCUT2D eigenvalue weighted by Crippen LogP contribution is -2.62. The number of thiocarbonyl (C=S) groups is 1. The molecule has 0 radical (unpaired) electrons. The number of β-lactam (4-membered cyclic amide) rings is 1. The molecule has 38 heavy (non-hydrogen) atoms. The maximum Gasteiger partial charge on any atom is 0.269 e. The predicted octanol–water partition coefficient (Wildman–Crippen LogP) is 5.40. The number of aliphatic hydroxyl groups is 1. The zero-order valence-electron chi connectivity index (χ0n) is 21.0. The van der Waals surface area contributed by atoms with Crippen molar-refractivity contribution < 1.29 is 29.1 Å². The van der Waals surface area contributed by atoms with Crippen LogP contribution in [0.1, 0.15) is 33.3 Å². The fraction of sp³-hybridized carbons (Fsp3) is 0.346. The summed E-state index contributed by atoms with van der Waals surface area (Å²) in [5.41, 5.74) is -1.68. The second-order valence-electron chi connectivity index (χ2n) is 9.66. The van der Waals surface area contributed by atoms with Crippen LogP contribution in [0.15, 0.2) is 60.0 Å². The van der Waals surface area contributed by atoms with Crippen LogP contribution in [0, 0.1) is 21.4 Å². The lowest BCUT2D eigenvalue weighted by molar-refractivity contribution is -0.384. The van der Waals surface area contributed by atoms with E-state index in [9.17, 15) is 24.8 Å². The van der Waals surface area contributed by atoms with Gasteiger partial charge in [0.2, 0.25) is 16.7 Å². The SMILES string of the molecule is C[C@@H](O)[C@H]1C(=O)N(C(C(=S)OCc2ccc([N+](=O)[O-])cc2)=C(Oc2ccc(Cl)cc2)C(=O)C(C)(C)C)[C@H]1Cl. The number of rotatable bonds is 9. The fourth-order valence-corrected chi connectivity index (χ4v) is 4.43. The molecule has 0 aliphatic carbocycles. The average Bonchev–Trinajstić information content (AvgIpc) is 2.84. The van der Waals surface area contributed by atoms with Crippen molar-refractivity contribution in [1.29, 1.82) is 0 Å². The summed E-state index contributed by atoms with van der Waals surface area (Å²) < 4.78 is 11.8. The number of amides is 1. The minimum absolute atomic E-state index is 0.0911. The van der Waals surface area contributed by atoms with Gasteiger partial charge in [-0.25, -0.2) is 0 Å². The molecule has 202 valence electrons. The first kappa shape index (κ1) is 29.5. The number of Topliss-reactive ketones (excluding diaryl/α,β-unsaturated/α-hetero) is 1. The number of halogens is 2. The summed E-state index contributed by atoms with van der Waals surface area (Å²) in [7, 11) is 0. The van der Waals surface area contributed by atoms with E-state index in [-0.39, 0.29) is 34.6 Å².